The fourth-order valence-electron chi connectivity index (χ4n) is 3.64. The molecular formula is C18H17N5OS. The number of carbonyl (C=O) groups is 1. The number of thiophene rings is 1. The van der Waals surface area contributed by atoms with Gasteiger partial charge in [0, 0.05) is 29.9 Å². The van der Waals surface area contributed by atoms with Crippen molar-refractivity contribution in [3.8, 4) is 11.4 Å². The van der Waals surface area contributed by atoms with Crippen molar-refractivity contribution in [1.29, 1.82) is 0 Å². The number of hydrogen-bond acceptors (Lipinski definition) is 6. The Hall–Kier alpha value is -2.54. The molecule has 1 saturated heterocycles. The van der Waals surface area contributed by atoms with E-state index in [2.05, 4.69) is 9.88 Å². The topological polar surface area (TPSA) is 62.2 Å². The number of nitrogens with zero attached hydrogens (tertiary/aromatic N) is 5. The van der Waals surface area contributed by atoms with Crippen LogP contribution in [-0.2, 0) is 17.6 Å². The summed E-state index contributed by atoms with van der Waals surface area (Å²) in [6, 6.07) is 3.87. The molecule has 2 aliphatic rings. The van der Waals surface area contributed by atoms with E-state index < -0.39 is 0 Å². The molecule has 6 nitrogen and oxygen atoms in total. The molecule has 126 valence electrons. The number of amides is 1. The molecule has 25 heavy (non-hydrogen) atoms. The van der Waals surface area contributed by atoms with Crippen LogP contribution in [0.3, 0.4) is 0 Å². The molecule has 0 bridgehead atoms. The molecule has 4 heterocycles. The van der Waals surface area contributed by atoms with Gasteiger partial charge in [-0.3, -0.25) is 9.78 Å². The zero-order chi connectivity index (χ0) is 17.0. The van der Waals surface area contributed by atoms with Crippen LogP contribution in [0.5, 0.6) is 0 Å². The summed E-state index contributed by atoms with van der Waals surface area (Å²) in [5, 5.41) is 1.15. The number of carbonyl (C=O) groups excluding carboxylic acids is 1. The smallest absolute Gasteiger partial charge is 0.243 e. The van der Waals surface area contributed by atoms with Gasteiger partial charge in [0.25, 0.3) is 0 Å². The normalized spacial score (nSPS) is 16.9. The van der Waals surface area contributed by atoms with Crippen molar-refractivity contribution in [2.24, 2.45) is 0 Å². The molecular weight excluding hydrogens is 334 g/mol. The van der Waals surface area contributed by atoms with Crippen LogP contribution >= 0.6 is 11.3 Å². The molecule has 1 amide bonds. The Kier molecular flexibility index (Phi) is 3.24. The van der Waals surface area contributed by atoms with Gasteiger partial charge in [0.15, 0.2) is 5.82 Å². The van der Waals surface area contributed by atoms with E-state index in [9.17, 15) is 4.79 Å². The summed E-state index contributed by atoms with van der Waals surface area (Å²) >= 11 is 1.77. The van der Waals surface area contributed by atoms with Crippen molar-refractivity contribution < 1.29 is 4.79 Å². The highest BCUT2D eigenvalue weighted by molar-refractivity contribution is 7.19. The first-order valence-corrected chi connectivity index (χ1v) is 9.24. The molecule has 0 unspecified atom stereocenters. The quantitative estimate of drug-likeness (QED) is 0.710. The van der Waals surface area contributed by atoms with E-state index >= 15 is 0 Å². The lowest BCUT2D eigenvalue weighted by molar-refractivity contribution is -0.125. The van der Waals surface area contributed by atoms with Crippen LogP contribution in [0.15, 0.2) is 24.5 Å². The first-order valence-electron chi connectivity index (χ1n) is 8.42. The molecule has 5 rings (SSSR count). The van der Waals surface area contributed by atoms with Gasteiger partial charge in [-0.1, -0.05) is 0 Å². The van der Waals surface area contributed by atoms with Gasteiger partial charge in [0.2, 0.25) is 5.91 Å². The molecule has 3 aromatic heterocycles. The van der Waals surface area contributed by atoms with Gasteiger partial charge in [0.1, 0.15) is 17.2 Å². The molecule has 1 aliphatic carbocycles. The van der Waals surface area contributed by atoms with Gasteiger partial charge in [-0.2, -0.15) is 0 Å². The second-order valence-electron chi connectivity index (χ2n) is 6.58. The highest BCUT2D eigenvalue weighted by Gasteiger charge is 2.30. The SMILES string of the molecule is CN1CN(c2nc(-c3cccnc3)nc3sc4c(c23)CCC4)CC1=O. The predicted molar refractivity (Wildman–Crippen MR) is 97.7 cm³/mol. The van der Waals surface area contributed by atoms with Crippen LogP contribution in [-0.4, -0.2) is 46.0 Å². The van der Waals surface area contributed by atoms with Crippen molar-refractivity contribution in [2.45, 2.75) is 19.3 Å². The number of aromatic nitrogens is 3. The van der Waals surface area contributed by atoms with E-state index in [1.54, 1.807) is 28.6 Å². The maximum Gasteiger partial charge on any atom is 0.243 e. The van der Waals surface area contributed by atoms with Gasteiger partial charge in [-0.05, 0) is 37.0 Å². The Balaban J connectivity index is 1.74. The minimum absolute atomic E-state index is 0.126. The summed E-state index contributed by atoms with van der Waals surface area (Å²) in [5.41, 5.74) is 2.29. The Bertz CT molecular complexity index is 984. The average Bonchev–Trinajstić information content (AvgIpc) is 3.30. The summed E-state index contributed by atoms with van der Waals surface area (Å²) in [4.78, 5) is 32.2. The molecule has 1 aliphatic heterocycles. The third kappa shape index (κ3) is 2.30. The van der Waals surface area contributed by atoms with E-state index in [0.717, 1.165) is 34.4 Å². The number of pyridine rings is 1. The van der Waals surface area contributed by atoms with Crippen LogP contribution in [0.4, 0.5) is 5.82 Å². The minimum Gasteiger partial charge on any atom is -0.329 e. The standard InChI is InChI=1S/C18H17N5OS/c1-22-10-23(9-14(22)24)17-15-12-5-2-6-13(12)25-18(15)21-16(20-17)11-4-3-7-19-8-11/h3-4,7-8H,2,5-6,9-10H2,1H3. The Morgan fingerprint density at radius 2 is 2.16 bits per heavy atom. The third-order valence-corrected chi connectivity index (χ3v) is 6.09. The lowest BCUT2D eigenvalue weighted by atomic mass is 10.1. The second kappa shape index (κ2) is 5.49. The lowest BCUT2D eigenvalue weighted by Crippen LogP contribution is -2.24. The van der Waals surface area contributed by atoms with E-state index in [0.29, 0.717) is 19.0 Å². The highest BCUT2D eigenvalue weighted by atomic mass is 32.1. The van der Waals surface area contributed by atoms with Crippen LogP contribution in [0.2, 0.25) is 0 Å². The average molecular weight is 351 g/mol. The van der Waals surface area contributed by atoms with Gasteiger partial charge in [-0.15, -0.1) is 11.3 Å². The maximum atomic E-state index is 12.1. The molecule has 0 saturated carbocycles. The maximum absolute atomic E-state index is 12.1. The van der Waals surface area contributed by atoms with Gasteiger partial charge < -0.3 is 9.80 Å². The zero-order valence-corrected chi connectivity index (χ0v) is 14.7. The number of likely N-dealkylation sites (N-methyl/N-ethyl adjacent to an activating group) is 1. The predicted octanol–water partition coefficient (Wildman–Crippen LogP) is 2.48. The van der Waals surface area contributed by atoms with Crippen LogP contribution in [0, 0.1) is 0 Å². The summed E-state index contributed by atoms with van der Waals surface area (Å²) < 4.78 is 0. The van der Waals surface area contributed by atoms with Crippen LogP contribution in [0.25, 0.3) is 21.6 Å². The van der Waals surface area contributed by atoms with E-state index in [-0.39, 0.29) is 5.91 Å². The lowest BCUT2D eigenvalue weighted by Gasteiger charge is -2.18. The van der Waals surface area contributed by atoms with E-state index in [1.165, 1.54) is 16.9 Å². The number of hydrogen-bond donors (Lipinski definition) is 0. The van der Waals surface area contributed by atoms with Gasteiger partial charge >= 0.3 is 0 Å². The van der Waals surface area contributed by atoms with Crippen molar-refractivity contribution in [3.05, 3.63) is 35.0 Å². The largest absolute Gasteiger partial charge is 0.329 e. The minimum atomic E-state index is 0.126. The van der Waals surface area contributed by atoms with Crippen LogP contribution < -0.4 is 4.90 Å². The molecule has 1 fully saturated rings. The summed E-state index contributed by atoms with van der Waals surface area (Å²) in [6.45, 7) is 0.946. The number of rotatable bonds is 2. The Morgan fingerprint density at radius 1 is 1.24 bits per heavy atom. The summed E-state index contributed by atoms with van der Waals surface area (Å²) in [6.07, 6.45) is 6.93. The highest BCUT2D eigenvalue weighted by Crippen LogP contribution is 2.41. The molecule has 7 heteroatoms. The van der Waals surface area contributed by atoms with E-state index in [4.69, 9.17) is 9.97 Å². The number of fused-ring (bicyclic) bond motifs is 3. The number of aryl methyl sites for hydroxylation is 2. The van der Waals surface area contributed by atoms with Crippen molar-refractivity contribution >= 4 is 33.3 Å². The monoisotopic (exact) mass is 351 g/mol. The first kappa shape index (κ1) is 14.8. The summed E-state index contributed by atoms with van der Waals surface area (Å²) in [5.74, 6) is 1.69. The molecule has 3 aromatic rings. The first-order chi connectivity index (χ1) is 12.2. The Labute approximate surface area is 149 Å². The fourth-order valence-corrected chi connectivity index (χ4v) is 4.90. The van der Waals surface area contributed by atoms with Crippen molar-refractivity contribution in [1.82, 2.24) is 19.9 Å². The Morgan fingerprint density at radius 3 is 2.92 bits per heavy atom. The van der Waals surface area contributed by atoms with Gasteiger partial charge in [0.05, 0.1) is 12.1 Å². The zero-order valence-electron chi connectivity index (χ0n) is 13.9. The molecule has 0 N–H and O–H groups in total. The van der Waals surface area contributed by atoms with Gasteiger partial charge in [-0.25, -0.2) is 9.97 Å². The van der Waals surface area contributed by atoms with Crippen molar-refractivity contribution in [3.63, 3.8) is 0 Å². The molecule has 0 spiro atoms. The van der Waals surface area contributed by atoms with E-state index in [1.807, 2.05) is 19.2 Å². The third-order valence-electron chi connectivity index (χ3n) is 4.90. The van der Waals surface area contributed by atoms with Crippen LogP contribution in [0.1, 0.15) is 16.9 Å². The summed E-state index contributed by atoms with van der Waals surface area (Å²) in [7, 11) is 1.83. The second-order valence-corrected chi connectivity index (χ2v) is 7.66. The fraction of sp³-hybridized carbons (Fsp3) is 0.333. The van der Waals surface area contributed by atoms with Crippen molar-refractivity contribution in [2.75, 3.05) is 25.2 Å². The number of anilines is 1. The molecule has 0 atom stereocenters. The molecule has 0 aromatic carbocycles. The molecule has 0 radical (unpaired) electrons.